The van der Waals surface area contributed by atoms with Crippen LogP contribution in [0.5, 0.6) is 0 Å². The summed E-state index contributed by atoms with van der Waals surface area (Å²) in [5, 5.41) is 2.87. The Bertz CT molecular complexity index is 459. The molecule has 1 aromatic rings. The van der Waals surface area contributed by atoms with Crippen molar-refractivity contribution in [3.8, 4) is 0 Å². The van der Waals surface area contributed by atoms with Gasteiger partial charge in [0.25, 0.3) is 0 Å². The SMILES string of the molecule is CO[C@](C)(CNC(=O)C1CCC1)c1ccccc1F. The fraction of sp³-hybridized carbons (Fsp3) is 0.533. The van der Waals surface area contributed by atoms with Crippen LogP contribution in [0.4, 0.5) is 4.39 Å². The molecule has 1 aliphatic rings. The molecule has 1 fully saturated rings. The maximum Gasteiger partial charge on any atom is 0.223 e. The van der Waals surface area contributed by atoms with Crippen molar-refractivity contribution in [2.24, 2.45) is 5.92 Å². The summed E-state index contributed by atoms with van der Waals surface area (Å²) < 4.78 is 19.3. The lowest BCUT2D eigenvalue weighted by molar-refractivity contribution is -0.129. The van der Waals surface area contributed by atoms with Gasteiger partial charge in [-0.2, -0.15) is 0 Å². The van der Waals surface area contributed by atoms with E-state index in [2.05, 4.69) is 5.32 Å². The van der Waals surface area contributed by atoms with Crippen molar-refractivity contribution < 1.29 is 13.9 Å². The topological polar surface area (TPSA) is 38.3 Å². The molecule has 0 aromatic heterocycles. The van der Waals surface area contributed by atoms with Gasteiger partial charge in [-0.3, -0.25) is 4.79 Å². The Kier molecular flexibility index (Phi) is 4.20. The lowest BCUT2D eigenvalue weighted by Crippen LogP contribution is -2.44. The van der Waals surface area contributed by atoms with E-state index in [4.69, 9.17) is 4.74 Å². The molecule has 1 aromatic carbocycles. The van der Waals surface area contributed by atoms with Gasteiger partial charge in [0, 0.05) is 18.6 Å². The molecule has 1 N–H and O–H groups in total. The molecule has 0 unspecified atom stereocenters. The van der Waals surface area contributed by atoms with Crippen molar-refractivity contribution in [3.63, 3.8) is 0 Å². The van der Waals surface area contributed by atoms with Gasteiger partial charge in [0.15, 0.2) is 0 Å². The molecule has 1 aliphatic carbocycles. The molecule has 0 heterocycles. The van der Waals surface area contributed by atoms with E-state index in [0.717, 1.165) is 19.3 Å². The molecule has 0 spiro atoms. The molecule has 1 saturated carbocycles. The maximum atomic E-state index is 13.8. The Balaban J connectivity index is 2.05. The van der Waals surface area contributed by atoms with E-state index in [1.54, 1.807) is 25.1 Å². The Morgan fingerprint density at radius 1 is 1.47 bits per heavy atom. The zero-order valence-electron chi connectivity index (χ0n) is 11.4. The maximum absolute atomic E-state index is 13.8. The number of ether oxygens (including phenoxy) is 1. The minimum atomic E-state index is -0.843. The molecule has 1 atom stereocenters. The van der Waals surface area contributed by atoms with Crippen molar-refractivity contribution in [1.29, 1.82) is 0 Å². The van der Waals surface area contributed by atoms with Gasteiger partial charge in [-0.05, 0) is 25.8 Å². The molecule has 0 aliphatic heterocycles. The number of amides is 1. The molecule has 4 heteroatoms. The van der Waals surface area contributed by atoms with Crippen LogP contribution in [0.3, 0.4) is 0 Å². The normalized spacial score (nSPS) is 18.5. The van der Waals surface area contributed by atoms with E-state index in [0.29, 0.717) is 5.56 Å². The molecular formula is C15H20FNO2. The highest BCUT2D eigenvalue weighted by atomic mass is 19.1. The molecular weight excluding hydrogens is 245 g/mol. The number of carbonyl (C=O) groups is 1. The number of hydrogen-bond donors (Lipinski definition) is 1. The number of methoxy groups -OCH3 is 1. The highest BCUT2D eigenvalue weighted by Crippen LogP contribution is 2.28. The van der Waals surface area contributed by atoms with Crippen LogP contribution in [-0.2, 0) is 15.1 Å². The van der Waals surface area contributed by atoms with Crippen molar-refractivity contribution in [2.45, 2.75) is 31.8 Å². The van der Waals surface area contributed by atoms with E-state index >= 15 is 0 Å². The molecule has 1 amide bonds. The minimum absolute atomic E-state index is 0.0471. The predicted molar refractivity (Wildman–Crippen MR) is 71.1 cm³/mol. The van der Waals surface area contributed by atoms with Gasteiger partial charge in [0.1, 0.15) is 11.4 Å². The van der Waals surface area contributed by atoms with Crippen LogP contribution in [-0.4, -0.2) is 19.6 Å². The van der Waals surface area contributed by atoms with E-state index in [-0.39, 0.29) is 24.2 Å². The van der Waals surface area contributed by atoms with Crippen molar-refractivity contribution in [2.75, 3.05) is 13.7 Å². The lowest BCUT2D eigenvalue weighted by Gasteiger charge is -2.31. The summed E-state index contributed by atoms with van der Waals surface area (Å²) in [6, 6.07) is 6.50. The molecule has 0 bridgehead atoms. The standard InChI is InChI=1S/C15H20FNO2/c1-15(19-2,12-8-3-4-9-13(12)16)10-17-14(18)11-6-5-7-11/h3-4,8-9,11H,5-7,10H2,1-2H3,(H,17,18)/t15-/m1/s1. The summed E-state index contributed by atoms with van der Waals surface area (Å²) >= 11 is 0. The summed E-state index contributed by atoms with van der Waals surface area (Å²) in [6.45, 7) is 2.06. The molecule has 104 valence electrons. The van der Waals surface area contributed by atoms with E-state index in [1.165, 1.54) is 13.2 Å². The van der Waals surface area contributed by atoms with Crippen LogP contribution in [0, 0.1) is 11.7 Å². The van der Waals surface area contributed by atoms with E-state index in [9.17, 15) is 9.18 Å². The van der Waals surface area contributed by atoms with E-state index < -0.39 is 5.60 Å². The number of carbonyl (C=O) groups excluding carboxylic acids is 1. The lowest BCUT2D eigenvalue weighted by atomic mass is 9.84. The summed E-state index contributed by atoms with van der Waals surface area (Å²) in [7, 11) is 1.53. The van der Waals surface area contributed by atoms with Gasteiger partial charge in [0.05, 0.1) is 6.54 Å². The van der Waals surface area contributed by atoms with Crippen LogP contribution < -0.4 is 5.32 Å². The van der Waals surface area contributed by atoms with Crippen LogP contribution in [0.2, 0.25) is 0 Å². The van der Waals surface area contributed by atoms with Crippen molar-refractivity contribution >= 4 is 5.91 Å². The number of hydrogen-bond acceptors (Lipinski definition) is 2. The zero-order valence-corrected chi connectivity index (χ0v) is 11.4. The van der Waals surface area contributed by atoms with Gasteiger partial charge < -0.3 is 10.1 Å². The Morgan fingerprint density at radius 2 is 2.16 bits per heavy atom. The second-order valence-corrected chi connectivity index (χ2v) is 5.26. The fourth-order valence-corrected chi connectivity index (χ4v) is 2.24. The first-order chi connectivity index (χ1) is 9.07. The smallest absolute Gasteiger partial charge is 0.223 e. The third kappa shape index (κ3) is 2.95. The monoisotopic (exact) mass is 265 g/mol. The minimum Gasteiger partial charge on any atom is -0.372 e. The second kappa shape index (κ2) is 5.70. The molecule has 3 nitrogen and oxygen atoms in total. The number of benzene rings is 1. The van der Waals surface area contributed by atoms with Gasteiger partial charge in [-0.1, -0.05) is 24.6 Å². The quantitative estimate of drug-likeness (QED) is 0.888. The Hall–Kier alpha value is -1.42. The predicted octanol–water partition coefficient (Wildman–Crippen LogP) is 2.60. The van der Waals surface area contributed by atoms with Gasteiger partial charge in [-0.25, -0.2) is 4.39 Å². The van der Waals surface area contributed by atoms with Crippen LogP contribution in [0.15, 0.2) is 24.3 Å². The number of rotatable bonds is 5. The van der Waals surface area contributed by atoms with Crippen LogP contribution in [0.1, 0.15) is 31.7 Å². The van der Waals surface area contributed by atoms with Gasteiger partial charge in [-0.15, -0.1) is 0 Å². The summed E-state index contributed by atoms with van der Waals surface area (Å²) in [5.74, 6) is -0.141. The highest BCUT2D eigenvalue weighted by molar-refractivity contribution is 5.79. The third-order valence-corrected chi connectivity index (χ3v) is 3.97. The average Bonchev–Trinajstić information content (AvgIpc) is 2.34. The van der Waals surface area contributed by atoms with Crippen LogP contribution in [0.25, 0.3) is 0 Å². The fourth-order valence-electron chi connectivity index (χ4n) is 2.24. The average molecular weight is 265 g/mol. The summed E-state index contributed by atoms with van der Waals surface area (Å²) in [5.41, 5.74) is -0.378. The summed E-state index contributed by atoms with van der Waals surface area (Å²) in [4.78, 5) is 11.8. The Morgan fingerprint density at radius 3 is 2.68 bits per heavy atom. The number of nitrogens with one attached hydrogen (secondary N) is 1. The Labute approximate surface area is 113 Å². The van der Waals surface area contributed by atoms with Crippen molar-refractivity contribution in [1.82, 2.24) is 5.32 Å². The number of halogens is 1. The first kappa shape index (κ1) is 14.0. The van der Waals surface area contributed by atoms with Crippen LogP contribution >= 0.6 is 0 Å². The van der Waals surface area contributed by atoms with Gasteiger partial charge in [0.2, 0.25) is 5.91 Å². The molecule has 19 heavy (non-hydrogen) atoms. The second-order valence-electron chi connectivity index (χ2n) is 5.26. The molecule has 0 radical (unpaired) electrons. The summed E-state index contributed by atoms with van der Waals surface area (Å²) in [6.07, 6.45) is 3.03. The largest absolute Gasteiger partial charge is 0.372 e. The van der Waals surface area contributed by atoms with Crippen molar-refractivity contribution in [3.05, 3.63) is 35.6 Å². The first-order valence-corrected chi connectivity index (χ1v) is 6.65. The highest BCUT2D eigenvalue weighted by Gasteiger charge is 2.32. The molecule has 2 rings (SSSR count). The molecule has 0 saturated heterocycles. The third-order valence-electron chi connectivity index (χ3n) is 3.97. The van der Waals surface area contributed by atoms with Gasteiger partial charge >= 0.3 is 0 Å². The first-order valence-electron chi connectivity index (χ1n) is 6.65. The van der Waals surface area contributed by atoms with E-state index in [1.807, 2.05) is 0 Å². The zero-order chi connectivity index (χ0) is 13.9.